The van der Waals surface area contributed by atoms with Gasteiger partial charge in [-0.25, -0.2) is 19.9 Å². The van der Waals surface area contributed by atoms with Gasteiger partial charge in [0.15, 0.2) is 11.6 Å². The molecule has 0 saturated carbocycles. The molecule has 0 spiro atoms. The van der Waals surface area contributed by atoms with E-state index in [1.165, 1.54) is 131 Å². The third-order valence-electron chi connectivity index (χ3n) is 24.8. The van der Waals surface area contributed by atoms with Gasteiger partial charge >= 0.3 is 0 Å². The van der Waals surface area contributed by atoms with Crippen LogP contribution in [0.3, 0.4) is 0 Å². The molecule has 0 bridgehead atoms. The van der Waals surface area contributed by atoms with Crippen molar-refractivity contribution in [2.45, 2.75) is 0 Å². The second-order valence-electron chi connectivity index (χ2n) is 31.1. The van der Waals surface area contributed by atoms with Gasteiger partial charge in [0.2, 0.25) is 0 Å². The molecule has 0 unspecified atom stereocenters. The van der Waals surface area contributed by atoms with E-state index >= 15 is 0 Å². The Kier molecular flexibility index (Phi) is 13.3. The molecule has 117 heavy (non-hydrogen) atoms. The van der Waals surface area contributed by atoms with E-state index < -0.39 is 0 Å². The van der Waals surface area contributed by atoms with Crippen molar-refractivity contribution >= 4 is 185 Å². The molecule has 7 heterocycles. The van der Waals surface area contributed by atoms with E-state index in [2.05, 4.69) is 358 Å². The van der Waals surface area contributed by atoms with Crippen molar-refractivity contribution in [1.29, 1.82) is 0 Å². The predicted octanol–water partition coefficient (Wildman–Crippen LogP) is 28.3. The normalized spacial score (nSPS) is 12.3. The largest absolute Gasteiger partial charge is 0.456 e. The maximum atomic E-state index is 6.38. The standard InChI is InChI=1S/C56H32N4.C52H30N4O/c1-2-13-37-33(12-1)25-27-46-40-16-5-9-22-50(40)59(55(37)46)36-26-24-34-31-47-41-17-6-10-23-51(41)60(52(47)32-35(34)30-36)56-54(57-48-20-7-8-21-49(48)58-56)45-29-28-44-39-15-4-3-14-38(39)42-18-11-19-43(45)53(42)44;1-2-12-36-31(11-1)22-26-41-37-13-3-8-18-45(37)55(51(36)41)35-24-21-32-28-42-38-14-4-9-19-46(38)56(47(42)29-34(32)27-35)52-50(53-43-16-6-7-17-44(43)54-52)33-23-25-40-39-15-5-10-20-48(39)57-49(40)30-33/h1-32H;1-30H. The smallest absolute Gasteiger partial charge is 0.165 e. The number of furan rings is 1. The second kappa shape index (κ2) is 24.3. The SMILES string of the molecule is c1ccc2c(c1)-c1cccc3c(-c4nc5ccccc5nc4-n4c5ccccc5c5cc6ccc(-n7c8ccccc8c8ccc9ccccc9c87)cc6cc54)ccc-2c13.c1ccc2c(c1)ccc1c3ccccc3n(-c3ccc4cc5c6ccccc6n(-c6nc7ccccc7nc6-c6ccc7c(c6)oc6ccccc67)c5cc4c3)c21. The van der Waals surface area contributed by atoms with Gasteiger partial charge in [-0.2, -0.15) is 0 Å². The van der Waals surface area contributed by atoms with Gasteiger partial charge < -0.3 is 13.6 Å². The zero-order chi connectivity index (χ0) is 76.2. The summed E-state index contributed by atoms with van der Waals surface area (Å²) < 4.78 is 15.9. The Morgan fingerprint density at radius 3 is 1.15 bits per heavy atom. The van der Waals surface area contributed by atoms with Crippen LogP contribution in [-0.2, 0) is 0 Å². The Bertz CT molecular complexity index is 8850. The van der Waals surface area contributed by atoms with E-state index in [0.29, 0.717) is 0 Å². The lowest BCUT2D eigenvalue weighted by Gasteiger charge is -2.16. The quantitative estimate of drug-likeness (QED) is 0.166. The van der Waals surface area contributed by atoms with E-state index in [1.54, 1.807) is 0 Å². The van der Waals surface area contributed by atoms with Gasteiger partial charge in [-0.3, -0.25) is 9.13 Å². The lowest BCUT2D eigenvalue weighted by molar-refractivity contribution is 0.669. The summed E-state index contributed by atoms with van der Waals surface area (Å²) in [5, 5.41) is 24.0. The van der Waals surface area contributed by atoms with Crippen molar-refractivity contribution in [3.63, 3.8) is 0 Å². The predicted molar refractivity (Wildman–Crippen MR) is 487 cm³/mol. The van der Waals surface area contributed by atoms with Gasteiger partial charge in [0.25, 0.3) is 0 Å². The van der Waals surface area contributed by atoms with Crippen molar-refractivity contribution in [3.05, 3.63) is 376 Å². The highest BCUT2D eigenvalue weighted by Crippen LogP contribution is 2.51. The van der Waals surface area contributed by atoms with Crippen LogP contribution in [0, 0.1) is 0 Å². The van der Waals surface area contributed by atoms with Crippen LogP contribution in [-0.4, -0.2) is 38.2 Å². The summed E-state index contributed by atoms with van der Waals surface area (Å²) in [5.41, 5.74) is 25.3. The molecule has 26 aromatic rings. The molecule has 0 fully saturated rings. The van der Waals surface area contributed by atoms with Gasteiger partial charge in [-0.15, -0.1) is 0 Å². The summed E-state index contributed by atoms with van der Waals surface area (Å²) in [6, 6.07) is 136. The Balaban J connectivity index is 0.000000128. The van der Waals surface area contributed by atoms with Crippen LogP contribution in [0.1, 0.15) is 0 Å². The van der Waals surface area contributed by atoms with Gasteiger partial charge in [0.1, 0.15) is 22.6 Å². The lowest BCUT2D eigenvalue weighted by Crippen LogP contribution is -2.04. The fourth-order valence-electron chi connectivity index (χ4n) is 19.7. The molecule has 7 aromatic heterocycles. The average molecular weight is 1490 g/mol. The minimum absolute atomic E-state index is 0.778. The number of aromatic nitrogens is 8. The number of hydrogen-bond acceptors (Lipinski definition) is 5. The molecule has 9 nitrogen and oxygen atoms in total. The average Bonchev–Trinajstić information content (AvgIpc) is 1.58. The zero-order valence-corrected chi connectivity index (χ0v) is 62.8. The summed E-state index contributed by atoms with van der Waals surface area (Å²) in [4.78, 5) is 21.8. The molecule has 0 aliphatic heterocycles. The van der Waals surface area contributed by atoms with Crippen LogP contribution in [0.15, 0.2) is 381 Å². The molecule has 1 aliphatic rings. The molecular weight excluding hydrogens is 1430 g/mol. The number of fused-ring (bicyclic) bond motifs is 26. The number of nitrogens with zero attached hydrogens (tertiary/aromatic N) is 8. The minimum atomic E-state index is 0.778. The Morgan fingerprint density at radius 2 is 0.590 bits per heavy atom. The molecule has 0 atom stereocenters. The molecule has 27 rings (SSSR count). The van der Waals surface area contributed by atoms with Crippen molar-refractivity contribution in [1.82, 2.24) is 38.2 Å². The number of hydrogen-bond donors (Lipinski definition) is 0. The first-order chi connectivity index (χ1) is 58.0. The highest BCUT2D eigenvalue weighted by atomic mass is 16.3. The molecule has 540 valence electrons. The van der Waals surface area contributed by atoms with Crippen LogP contribution < -0.4 is 0 Å². The van der Waals surface area contributed by atoms with Crippen LogP contribution in [0.4, 0.5) is 0 Å². The third-order valence-corrected chi connectivity index (χ3v) is 24.8. The molecule has 0 radical (unpaired) electrons. The maximum Gasteiger partial charge on any atom is 0.165 e. The van der Waals surface area contributed by atoms with Crippen LogP contribution in [0.5, 0.6) is 0 Å². The summed E-state index contributed by atoms with van der Waals surface area (Å²) in [5.74, 6) is 1.60. The van der Waals surface area contributed by atoms with Crippen LogP contribution in [0.25, 0.3) is 253 Å². The first-order valence-corrected chi connectivity index (χ1v) is 39.9. The van der Waals surface area contributed by atoms with Crippen molar-refractivity contribution in [3.8, 4) is 67.8 Å². The molecule has 9 heteroatoms. The fraction of sp³-hybridized carbons (Fsp3) is 0. The minimum Gasteiger partial charge on any atom is -0.456 e. The number of benzene rings is 19. The van der Waals surface area contributed by atoms with E-state index in [0.717, 1.165) is 122 Å². The Labute approximate surface area is 667 Å². The van der Waals surface area contributed by atoms with Gasteiger partial charge in [-0.1, -0.05) is 261 Å². The van der Waals surface area contributed by atoms with Crippen molar-refractivity contribution < 1.29 is 4.42 Å². The van der Waals surface area contributed by atoms with E-state index in [-0.39, 0.29) is 0 Å². The maximum absolute atomic E-state index is 6.38. The van der Waals surface area contributed by atoms with Crippen molar-refractivity contribution in [2.24, 2.45) is 0 Å². The second-order valence-corrected chi connectivity index (χ2v) is 31.1. The molecule has 0 saturated heterocycles. The van der Waals surface area contributed by atoms with E-state index in [9.17, 15) is 0 Å². The van der Waals surface area contributed by atoms with Gasteiger partial charge in [-0.05, 0) is 181 Å². The topological polar surface area (TPSA) is 84.4 Å². The summed E-state index contributed by atoms with van der Waals surface area (Å²) in [7, 11) is 0. The summed E-state index contributed by atoms with van der Waals surface area (Å²) >= 11 is 0. The highest BCUT2D eigenvalue weighted by molar-refractivity contribution is 6.23. The molecule has 1 aliphatic carbocycles. The fourth-order valence-corrected chi connectivity index (χ4v) is 19.7. The highest BCUT2D eigenvalue weighted by Gasteiger charge is 2.28. The summed E-state index contributed by atoms with van der Waals surface area (Å²) in [6.07, 6.45) is 0. The van der Waals surface area contributed by atoms with E-state index in [1.807, 2.05) is 36.4 Å². The molecule has 0 amide bonds. The van der Waals surface area contributed by atoms with E-state index in [4.69, 9.17) is 24.4 Å². The third kappa shape index (κ3) is 9.30. The number of rotatable bonds is 6. The zero-order valence-electron chi connectivity index (χ0n) is 62.8. The molecule has 0 N–H and O–H groups in total. The monoisotopic (exact) mass is 1490 g/mol. The first kappa shape index (κ1) is 63.8. The van der Waals surface area contributed by atoms with Gasteiger partial charge in [0, 0.05) is 87.1 Å². The van der Waals surface area contributed by atoms with Crippen molar-refractivity contribution in [2.75, 3.05) is 0 Å². The Hall–Kier alpha value is -15.8. The number of para-hydroxylation sites is 9. The molecule has 19 aromatic carbocycles. The first-order valence-electron chi connectivity index (χ1n) is 39.9. The van der Waals surface area contributed by atoms with Crippen LogP contribution in [0.2, 0.25) is 0 Å². The van der Waals surface area contributed by atoms with Gasteiger partial charge in [0.05, 0.1) is 66.2 Å². The lowest BCUT2D eigenvalue weighted by atomic mass is 9.96. The van der Waals surface area contributed by atoms with Crippen LogP contribution >= 0.6 is 0 Å². The Morgan fingerprint density at radius 1 is 0.197 bits per heavy atom. The molecular formula is C108H62N8O. The summed E-state index contributed by atoms with van der Waals surface area (Å²) in [6.45, 7) is 0.